The van der Waals surface area contributed by atoms with Crippen LogP contribution in [0.1, 0.15) is 16.7 Å². The van der Waals surface area contributed by atoms with Crippen LogP contribution in [-0.2, 0) is 13.1 Å². The third-order valence-electron chi connectivity index (χ3n) is 4.74. The van der Waals surface area contributed by atoms with Crippen molar-refractivity contribution in [2.24, 2.45) is 4.99 Å². The molecule has 1 aliphatic rings. The molecule has 1 heterocycles. The summed E-state index contributed by atoms with van der Waals surface area (Å²) in [6, 6.07) is 16.9. The minimum absolute atomic E-state index is 0. The van der Waals surface area contributed by atoms with Gasteiger partial charge in [-0.25, -0.2) is 4.39 Å². The zero-order valence-electron chi connectivity index (χ0n) is 15.9. The van der Waals surface area contributed by atoms with Gasteiger partial charge in [0.15, 0.2) is 5.96 Å². The summed E-state index contributed by atoms with van der Waals surface area (Å²) in [6.45, 7) is 4.90. The molecule has 3 rings (SSSR count). The fraction of sp³-hybridized carbons (Fsp3) is 0.333. The monoisotopic (exact) mass is 493 g/mol. The number of nitrogens with zero attached hydrogens (tertiary/aromatic N) is 4. The summed E-state index contributed by atoms with van der Waals surface area (Å²) in [6.07, 6.45) is 0. The molecule has 0 spiro atoms. The Hall–Kier alpha value is -2.18. The van der Waals surface area contributed by atoms with Crippen LogP contribution in [-0.4, -0.2) is 49.0 Å². The van der Waals surface area contributed by atoms with E-state index < -0.39 is 0 Å². The van der Waals surface area contributed by atoms with Gasteiger partial charge in [0.1, 0.15) is 5.82 Å². The molecule has 28 heavy (non-hydrogen) atoms. The van der Waals surface area contributed by atoms with Crippen LogP contribution < -0.4 is 5.32 Å². The van der Waals surface area contributed by atoms with Crippen LogP contribution in [0.25, 0.3) is 0 Å². The summed E-state index contributed by atoms with van der Waals surface area (Å²) in [7, 11) is 1.74. The van der Waals surface area contributed by atoms with Crippen molar-refractivity contribution in [2.75, 3.05) is 33.2 Å². The number of guanidine groups is 1. The Labute approximate surface area is 182 Å². The van der Waals surface area contributed by atoms with Crippen LogP contribution >= 0.6 is 24.0 Å². The SMILES string of the molecule is CN=C(NCc1cc(C#N)ccc1F)N1CCN(Cc2ccccc2)CC1.I. The summed E-state index contributed by atoms with van der Waals surface area (Å²) < 4.78 is 14.0. The van der Waals surface area contributed by atoms with E-state index >= 15 is 0 Å². The van der Waals surface area contributed by atoms with Gasteiger partial charge in [0, 0.05) is 51.9 Å². The van der Waals surface area contributed by atoms with Crippen LogP contribution in [0.5, 0.6) is 0 Å². The smallest absolute Gasteiger partial charge is 0.194 e. The first kappa shape index (κ1) is 22.1. The Morgan fingerprint density at radius 2 is 1.86 bits per heavy atom. The molecule has 1 aliphatic heterocycles. The fourth-order valence-electron chi connectivity index (χ4n) is 3.25. The Balaban J connectivity index is 0.00000280. The van der Waals surface area contributed by atoms with E-state index in [1.54, 1.807) is 13.1 Å². The molecule has 5 nitrogen and oxygen atoms in total. The van der Waals surface area contributed by atoms with E-state index in [1.165, 1.54) is 17.7 Å². The second-order valence-corrected chi connectivity index (χ2v) is 6.57. The molecule has 0 unspecified atom stereocenters. The first-order valence-corrected chi connectivity index (χ1v) is 9.10. The highest BCUT2D eigenvalue weighted by atomic mass is 127. The second-order valence-electron chi connectivity index (χ2n) is 6.57. The third kappa shape index (κ3) is 5.91. The highest BCUT2D eigenvalue weighted by Crippen LogP contribution is 2.11. The molecule has 2 aromatic rings. The molecule has 0 atom stereocenters. The van der Waals surface area contributed by atoms with E-state index in [0.29, 0.717) is 17.7 Å². The van der Waals surface area contributed by atoms with Gasteiger partial charge in [-0.1, -0.05) is 30.3 Å². The van der Waals surface area contributed by atoms with Gasteiger partial charge in [-0.3, -0.25) is 9.89 Å². The van der Waals surface area contributed by atoms with Crippen molar-refractivity contribution in [1.29, 1.82) is 5.26 Å². The topological polar surface area (TPSA) is 54.7 Å². The van der Waals surface area contributed by atoms with Gasteiger partial charge >= 0.3 is 0 Å². The molecule has 7 heteroatoms. The zero-order valence-corrected chi connectivity index (χ0v) is 18.3. The number of benzene rings is 2. The molecule has 0 aromatic heterocycles. The quantitative estimate of drug-likeness (QED) is 0.404. The number of rotatable bonds is 4. The van der Waals surface area contributed by atoms with Gasteiger partial charge in [0.25, 0.3) is 0 Å². The van der Waals surface area contributed by atoms with Crippen molar-refractivity contribution >= 4 is 29.9 Å². The first-order chi connectivity index (χ1) is 13.2. The molecule has 1 fully saturated rings. The predicted molar refractivity (Wildman–Crippen MR) is 120 cm³/mol. The van der Waals surface area contributed by atoms with Crippen molar-refractivity contribution in [3.8, 4) is 6.07 Å². The summed E-state index contributed by atoms with van der Waals surface area (Å²) in [5, 5.41) is 12.2. The lowest BCUT2D eigenvalue weighted by Gasteiger charge is -2.36. The maximum absolute atomic E-state index is 14.0. The molecule has 148 valence electrons. The lowest BCUT2D eigenvalue weighted by Crippen LogP contribution is -2.52. The summed E-state index contributed by atoms with van der Waals surface area (Å²) in [5.74, 6) is 0.445. The zero-order chi connectivity index (χ0) is 19.1. The fourth-order valence-corrected chi connectivity index (χ4v) is 3.25. The maximum Gasteiger partial charge on any atom is 0.194 e. The minimum Gasteiger partial charge on any atom is -0.352 e. The molecule has 1 saturated heterocycles. The number of halogens is 2. The number of nitriles is 1. The van der Waals surface area contributed by atoms with Gasteiger partial charge < -0.3 is 10.2 Å². The van der Waals surface area contributed by atoms with E-state index in [9.17, 15) is 4.39 Å². The van der Waals surface area contributed by atoms with E-state index in [-0.39, 0.29) is 29.8 Å². The lowest BCUT2D eigenvalue weighted by atomic mass is 10.1. The van der Waals surface area contributed by atoms with Crippen molar-refractivity contribution in [1.82, 2.24) is 15.1 Å². The third-order valence-corrected chi connectivity index (χ3v) is 4.74. The standard InChI is InChI=1S/C21H24FN5.HI/c1-24-21(25-15-19-13-18(14-23)7-8-20(19)22)27-11-9-26(10-12-27)16-17-5-3-2-4-6-17;/h2-8,13H,9-12,15-16H2,1H3,(H,24,25);1H. The molecule has 2 aromatic carbocycles. The van der Waals surface area contributed by atoms with Crippen LogP contribution in [0.15, 0.2) is 53.5 Å². The van der Waals surface area contributed by atoms with Crippen molar-refractivity contribution < 1.29 is 4.39 Å². The molecular formula is C21H25FIN5. The van der Waals surface area contributed by atoms with Crippen LogP contribution in [0.4, 0.5) is 4.39 Å². The van der Waals surface area contributed by atoms with Gasteiger partial charge in [0.2, 0.25) is 0 Å². The van der Waals surface area contributed by atoms with Crippen molar-refractivity contribution in [3.05, 3.63) is 71.0 Å². The van der Waals surface area contributed by atoms with E-state index in [2.05, 4.69) is 44.4 Å². The Kier molecular flexibility index (Phi) is 8.67. The van der Waals surface area contributed by atoms with E-state index in [1.807, 2.05) is 12.1 Å². The van der Waals surface area contributed by atoms with E-state index in [0.717, 1.165) is 38.7 Å². The number of hydrogen-bond acceptors (Lipinski definition) is 3. The average molecular weight is 493 g/mol. The molecule has 0 radical (unpaired) electrons. The average Bonchev–Trinajstić information content (AvgIpc) is 2.71. The molecule has 0 amide bonds. The van der Waals surface area contributed by atoms with Crippen molar-refractivity contribution in [3.63, 3.8) is 0 Å². The maximum atomic E-state index is 14.0. The number of piperazine rings is 1. The van der Waals surface area contributed by atoms with Crippen LogP contribution in [0.3, 0.4) is 0 Å². The minimum atomic E-state index is -0.315. The van der Waals surface area contributed by atoms with E-state index in [4.69, 9.17) is 5.26 Å². The molecule has 0 aliphatic carbocycles. The number of hydrogen-bond donors (Lipinski definition) is 1. The van der Waals surface area contributed by atoms with Gasteiger partial charge in [0.05, 0.1) is 11.6 Å². The predicted octanol–water partition coefficient (Wildman–Crippen LogP) is 3.21. The summed E-state index contributed by atoms with van der Waals surface area (Å²) in [4.78, 5) is 8.95. The number of aliphatic imine (C=N–C) groups is 1. The molecular weight excluding hydrogens is 468 g/mol. The molecule has 0 bridgehead atoms. The Morgan fingerprint density at radius 3 is 2.50 bits per heavy atom. The Bertz CT molecular complexity index is 826. The lowest BCUT2D eigenvalue weighted by molar-refractivity contribution is 0.172. The summed E-state index contributed by atoms with van der Waals surface area (Å²) in [5.41, 5.74) is 2.25. The Morgan fingerprint density at radius 1 is 1.14 bits per heavy atom. The normalized spacial score (nSPS) is 14.9. The highest BCUT2D eigenvalue weighted by molar-refractivity contribution is 14.0. The van der Waals surface area contributed by atoms with Crippen molar-refractivity contribution in [2.45, 2.75) is 13.1 Å². The van der Waals surface area contributed by atoms with Gasteiger partial charge in [-0.05, 0) is 23.8 Å². The van der Waals surface area contributed by atoms with Crippen LogP contribution in [0.2, 0.25) is 0 Å². The molecule has 0 saturated carbocycles. The summed E-state index contributed by atoms with van der Waals surface area (Å²) >= 11 is 0. The largest absolute Gasteiger partial charge is 0.352 e. The second kappa shape index (κ2) is 11.0. The number of nitrogens with one attached hydrogen (secondary N) is 1. The first-order valence-electron chi connectivity index (χ1n) is 9.10. The molecule has 1 N–H and O–H groups in total. The highest BCUT2D eigenvalue weighted by Gasteiger charge is 2.19. The van der Waals surface area contributed by atoms with Gasteiger partial charge in [-0.2, -0.15) is 5.26 Å². The van der Waals surface area contributed by atoms with Gasteiger partial charge in [-0.15, -0.1) is 24.0 Å². The van der Waals surface area contributed by atoms with Crippen LogP contribution in [0, 0.1) is 17.1 Å².